The molecule has 0 aliphatic rings. The summed E-state index contributed by atoms with van der Waals surface area (Å²) in [5.41, 5.74) is -0.870. The van der Waals surface area contributed by atoms with Crippen LogP contribution >= 0.6 is 11.3 Å². The topological polar surface area (TPSA) is 58.5 Å². The SMILES string of the molecule is CCNC(=NCc1nc(C(F)(F)F)cs1)NCCOC. The Morgan fingerprint density at radius 3 is 2.75 bits per heavy atom. The normalized spacial score (nSPS) is 12.6. The molecule has 0 saturated carbocycles. The van der Waals surface area contributed by atoms with E-state index in [9.17, 15) is 13.2 Å². The van der Waals surface area contributed by atoms with Gasteiger partial charge in [-0.3, -0.25) is 0 Å². The minimum Gasteiger partial charge on any atom is -0.383 e. The second kappa shape index (κ2) is 8.05. The predicted octanol–water partition coefficient (Wildman–Crippen LogP) is 1.86. The molecule has 0 aliphatic heterocycles. The van der Waals surface area contributed by atoms with Crippen LogP contribution in [0.1, 0.15) is 17.6 Å². The van der Waals surface area contributed by atoms with E-state index in [2.05, 4.69) is 20.6 Å². The van der Waals surface area contributed by atoms with Crippen molar-refractivity contribution in [3.8, 4) is 0 Å². The van der Waals surface area contributed by atoms with Crippen LogP contribution in [-0.2, 0) is 17.5 Å². The van der Waals surface area contributed by atoms with Crippen molar-refractivity contribution < 1.29 is 17.9 Å². The number of thiazole rings is 1. The van der Waals surface area contributed by atoms with Gasteiger partial charge < -0.3 is 15.4 Å². The highest BCUT2D eigenvalue weighted by Gasteiger charge is 2.33. The Morgan fingerprint density at radius 2 is 2.20 bits per heavy atom. The largest absolute Gasteiger partial charge is 0.434 e. The average Bonchev–Trinajstić information content (AvgIpc) is 2.85. The van der Waals surface area contributed by atoms with Gasteiger partial charge in [-0.2, -0.15) is 13.2 Å². The van der Waals surface area contributed by atoms with E-state index in [4.69, 9.17) is 4.74 Å². The first-order valence-electron chi connectivity index (χ1n) is 6.00. The van der Waals surface area contributed by atoms with E-state index in [-0.39, 0.29) is 6.54 Å². The number of guanidine groups is 1. The third kappa shape index (κ3) is 5.74. The second-order valence-corrected chi connectivity index (χ2v) is 4.68. The Hall–Kier alpha value is -1.35. The Kier molecular flexibility index (Phi) is 6.73. The fraction of sp³-hybridized carbons (Fsp3) is 0.636. The number of alkyl halides is 3. The van der Waals surface area contributed by atoms with Crippen molar-refractivity contribution in [2.24, 2.45) is 4.99 Å². The molecule has 0 radical (unpaired) electrons. The van der Waals surface area contributed by atoms with Gasteiger partial charge in [0.1, 0.15) is 5.01 Å². The van der Waals surface area contributed by atoms with E-state index in [0.29, 0.717) is 30.7 Å². The number of rotatable bonds is 6. The van der Waals surface area contributed by atoms with Gasteiger partial charge in [-0.15, -0.1) is 11.3 Å². The fourth-order valence-electron chi connectivity index (χ4n) is 1.27. The van der Waals surface area contributed by atoms with E-state index >= 15 is 0 Å². The number of hydrogen-bond acceptors (Lipinski definition) is 4. The van der Waals surface area contributed by atoms with Gasteiger partial charge >= 0.3 is 6.18 Å². The molecule has 0 atom stereocenters. The van der Waals surface area contributed by atoms with Crippen LogP contribution in [0.4, 0.5) is 13.2 Å². The summed E-state index contributed by atoms with van der Waals surface area (Å²) in [5.74, 6) is 0.522. The van der Waals surface area contributed by atoms with Crippen LogP contribution in [0, 0.1) is 0 Å². The lowest BCUT2D eigenvalue weighted by atomic mass is 10.5. The molecule has 1 aromatic rings. The minimum absolute atomic E-state index is 0.100. The smallest absolute Gasteiger partial charge is 0.383 e. The maximum absolute atomic E-state index is 12.4. The van der Waals surface area contributed by atoms with E-state index in [1.54, 1.807) is 7.11 Å². The molecule has 114 valence electrons. The molecule has 0 amide bonds. The zero-order valence-electron chi connectivity index (χ0n) is 11.3. The van der Waals surface area contributed by atoms with Crippen molar-refractivity contribution in [1.82, 2.24) is 15.6 Å². The summed E-state index contributed by atoms with van der Waals surface area (Å²) in [5, 5.41) is 7.30. The van der Waals surface area contributed by atoms with Gasteiger partial charge in [-0.25, -0.2) is 9.98 Å². The third-order valence-electron chi connectivity index (χ3n) is 2.16. The van der Waals surface area contributed by atoms with Crippen molar-refractivity contribution in [2.75, 3.05) is 26.8 Å². The van der Waals surface area contributed by atoms with Crippen LogP contribution in [-0.4, -0.2) is 37.7 Å². The quantitative estimate of drug-likeness (QED) is 0.478. The zero-order chi connectivity index (χ0) is 15.0. The summed E-state index contributed by atoms with van der Waals surface area (Å²) in [6, 6.07) is 0. The van der Waals surface area contributed by atoms with Crippen molar-refractivity contribution in [3.05, 3.63) is 16.1 Å². The highest BCUT2D eigenvalue weighted by atomic mass is 32.1. The Balaban J connectivity index is 2.59. The van der Waals surface area contributed by atoms with Crippen LogP contribution in [0.15, 0.2) is 10.4 Å². The lowest BCUT2D eigenvalue weighted by Gasteiger charge is -2.10. The van der Waals surface area contributed by atoms with Crippen LogP contribution in [0.2, 0.25) is 0 Å². The van der Waals surface area contributed by atoms with Crippen LogP contribution < -0.4 is 10.6 Å². The first-order valence-corrected chi connectivity index (χ1v) is 6.88. The predicted molar refractivity (Wildman–Crippen MR) is 71.8 cm³/mol. The maximum Gasteiger partial charge on any atom is 0.434 e. The molecule has 0 bridgehead atoms. The molecule has 9 heteroatoms. The van der Waals surface area contributed by atoms with Crippen LogP contribution in [0.5, 0.6) is 0 Å². The molecular formula is C11H17F3N4OS. The van der Waals surface area contributed by atoms with Gasteiger partial charge in [0.2, 0.25) is 0 Å². The number of ether oxygens (including phenoxy) is 1. The van der Waals surface area contributed by atoms with Crippen molar-refractivity contribution in [3.63, 3.8) is 0 Å². The highest BCUT2D eigenvalue weighted by Crippen LogP contribution is 2.30. The fourth-order valence-corrected chi connectivity index (χ4v) is 2.00. The number of nitrogens with one attached hydrogen (secondary N) is 2. The molecule has 0 fully saturated rings. The van der Waals surface area contributed by atoms with Crippen molar-refractivity contribution in [2.45, 2.75) is 19.6 Å². The van der Waals surface area contributed by atoms with Crippen molar-refractivity contribution >= 4 is 17.3 Å². The van der Waals surface area contributed by atoms with Gasteiger partial charge in [0, 0.05) is 25.6 Å². The molecule has 1 aromatic heterocycles. The first kappa shape index (κ1) is 16.7. The molecule has 0 saturated heterocycles. The van der Waals surface area contributed by atoms with Gasteiger partial charge in [-0.05, 0) is 6.92 Å². The van der Waals surface area contributed by atoms with Gasteiger partial charge in [0.25, 0.3) is 0 Å². The summed E-state index contributed by atoms with van der Waals surface area (Å²) in [4.78, 5) is 7.69. The van der Waals surface area contributed by atoms with Gasteiger partial charge in [-0.1, -0.05) is 0 Å². The Labute approximate surface area is 119 Å². The molecule has 5 nitrogen and oxygen atoms in total. The number of nitrogens with zero attached hydrogens (tertiary/aromatic N) is 2. The second-order valence-electron chi connectivity index (χ2n) is 3.74. The summed E-state index contributed by atoms with van der Waals surface area (Å²) in [7, 11) is 1.58. The summed E-state index contributed by atoms with van der Waals surface area (Å²) < 4.78 is 42.1. The molecule has 1 heterocycles. The number of aromatic nitrogens is 1. The molecule has 0 unspecified atom stereocenters. The molecule has 1 rings (SSSR count). The maximum atomic E-state index is 12.4. The third-order valence-corrected chi connectivity index (χ3v) is 2.99. The highest BCUT2D eigenvalue weighted by molar-refractivity contribution is 7.09. The van der Waals surface area contributed by atoms with E-state index in [0.717, 1.165) is 16.7 Å². The number of halogens is 3. The van der Waals surface area contributed by atoms with Crippen molar-refractivity contribution in [1.29, 1.82) is 0 Å². The molecule has 0 spiro atoms. The minimum atomic E-state index is -4.40. The monoisotopic (exact) mass is 310 g/mol. The molecule has 20 heavy (non-hydrogen) atoms. The first-order chi connectivity index (χ1) is 9.47. The molecule has 0 aromatic carbocycles. The van der Waals surface area contributed by atoms with E-state index < -0.39 is 11.9 Å². The number of aliphatic imine (C=N–C) groups is 1. The average molecular weight is 310 g/mol. The van der Waals surface area contributed by atoms with E-state index in [1.807, 2.05) is 6.92 Å². The molecule has 0 aliphatic carbocycles. The van der Waals surface area contributed by atoms with Crippen LogP contribution in [0.3, 0.4) is 0 Å². The Morgan fingerprint density at radius 1 is 1.45 bits per heavy atom. The summed E-state index contributed by atoms with van der Waals surface area (Å²) >= 11 is 0.946. The Bertz CT molecular complexity index is 434. The zero-order valence-corrected chi connectivity index (χ0v) is 12.1. The van der Waals surface area contributed by atoms with Gasteiger partial charge in [0.15, 0.2) is 11.7 Å². The summed E-state index contributed by atoms with van der Waals surface area (Å²) in [6.07, 6.45) is -4.40. The standard InChI is InChI=1S/C11H17F3N4OS/c1-3-15-10(16-4-5-19-2)17-6-9-18-8(7-20-9)11(12,13)14/h7H,3-6H2,1-2H3,(H2,15,16,17). The molecule has 2 N–H and O–H groups in total. The summed E-state index contributed by atoms with van der Waals surface area (Å²) in [6.45, 7) is 3.74. The number of methoxy groups -OCH3 is 1. The number of hydrogen-bond donors (Lipinski definition) is 2. The van der Waals surface area contributed by atoms with Gasteiger partial charge in [0.05, 0.1) is 13.2 Å². The van der Waals surface area contributed by atoms with E-state index in [1.165, 1.54) is 0 Å². The lowest BCUT2D eigenvalue weighted by molar-refractivity contribution is -0.140. The van der Waals surface area contributed by atoms with Crippen LogP contribution in [0.25, 0.3) is 0 Å². The lowest BCUT2D eigenvalue weighted by Crippen LogP contribution is -2.38. The molecular weight excluding hydrogens is 293 g/mol.